The molecule has 7 nitrogen and oxygen atoms in total. The first-order valence-corrected chi connectivity index (χ1v) is 14.0. The molecule has 1 aliphatic rings. The molecule has 208 valence electrons. The maximum Gasteiger partial charge on any atom is 0.408 e. The van der Waals surface area contributed by atoms with Crippen molar-refractivity contribution in [3.63, 3.8) is 0 Å². The van der Waals surface area contributed by atoms with Crippen LogP contribution in [0.15, 0.2) is 18.2 Å². The van der Waals surface area contributed by atoms with E-state index in [4.69, 9.17) is 4.74 Å². The topological polar surface area (TPSA) is 87.7 Å². The molecular formula is C30H49N3O4. The Morgan fingerprint density at radius 1 is 1.08 bits per heavy atom. The zero-order chi connectivity index (χ0) is 27.9. The van der Waals surface area contributed by atoms with Crippen LogP contribution in [0.25, 0.3) is 0 Å². The summed E-state index contributed by atoms with van der Waals surface area (Å²) in [7, 11) is 0. The zero-order valence-electron chi connectivity index (χ0n) is 24.4. The van der Waals surface area contributed by atoms with Crippen molar-refractivity contribution in [1.82, 2.24) is 15.5 Å². The molecule has 3 amide bonds. The Bertz CT molecular complexity index is 935. The van der Waals surface area contributed by atoms with Crippen molar-refractivity contribution in [2.24, 2.45) is 5.92 Å². The predicted molar refractivity (Wildman–Crippen MR) is 148 cm³/mol. The largest absolute Gasteiger partial charge is 0.444 e. The molecule has 0 radical (unpaired) electrons. The van der Waals surface area contributed by atoms with Crippen molar-refractivity contribution in [2.45, 2.75) is 131 Å². The van der Waals surface area contributed by atoms with E-state index in [2.05, 4.69) is 17.6 Å². The van der Waals surface area contributed by atoms with E-state index in [9.17, 15) is 14.4 Å². The molecule has 4 atom stereocenters. The van der Waals surface area contributed by atoms with E-state index in [1.54, 1.807) is 25.7 Å². The molecule has 0 saturated heterocycles. The van der Waals surface area contributed by atoms with Gasteiger partial charge in [-0.15, -0.1) is 0 Å². The highest BCUT2D eigenvalue weighted by atomic mass is 16.6. The molecular weight excluding hydrogens is 466 g/mol. The fourth-order valence-corrected chi connectivity index (χ4v) is 4.76. The fourth-order valence-electron chi connectivity index (χ4n) is 4.76. The molecule has 1 saturated carbocycles. The summed E-state index contributed by atoms with van der Waals surface area (Å²) in [6.45, 7) is 17.4. The highest BCUT2D eigenvalue weighted by molar-refractivity contribution is 5.93. The van der Waals surface area contributed by atoms with Gasteiger partial charge in [-0.25, -0.2) is 4.79 Å². The Morgan fingerprint density at radius 2 is 1.73 bits per heavy atom. The Labute approximate surface area is 224 Å². The second-order valence-corrected chi connectivity index (χ2v) is 11.8. The summed E-state index contributed by atoms with van der Waals surface area (Å²) in [5.41, 5.74) is 2.15. The monoisotopic (exact) mass is 515 g/mol. The number of nitrogens with zero attached hydrogens (tertiary/aromatic N) is 1. The van der Waals surface area contributed by atoms with Crippen LogP contribution in [0, 0.1) is 19.8 Å². The maximum absolute atomic E-state index is 14.4. The molecule has 1 aromatic rings. The molecule has 0 spiro atoms. The third kappa shape index (κ3) is 8.47. The summed E-state index contributed by atoms with van der Waals surface area (Å²) in [6.07, 6.45) is 4.57. The molecule has 0 heterocycles. The van der Waals surface area contributed by atoms with Crippen molar-refractivity contribution in [3.8, 4) is 0 Å². The van der Waals surface area contributed by atoms with E-state index in [1.165, 1.54) is 0 Å². The van der Waals surface area contributed by atoms with Crippen LogP contribution < -0.4 is 10.6 Å². The van der Waals surface area contributed by atoms with Gasteiger partial charge in [0.25, 0.3) is 0 Å². The number of carbonyl (C=O) groups is 3. The number of amides is 3. The number of carbonyl (C=O) groups excluding carboxylic acids is 3. The molecule has 4 unspecified atom stereocenters. The van der Waals surface area contributed by atoms with E-state index in [1.807, 2.05) is 52.8 Å². The van der Waals surface area contributed by atoms with Crippen LogP contribution in [0.4, 0.5) is 4.79 Å². The number of alkyl carbamates (subject to hydrolysis) is 1. The zero-order valence-corrected chi connectivity index (χ0v) is 24.4. The summed E-state index contributed by atoms with van der Waals surface area (Å²) < 4.78 is 5.50. The third-order valence-electron chi connectivity index (χ3n) is 7.24. The van der Waals surface area contributed by atoms with Gasteiger partial charge in [-0.05, 0) is 84.3 Å². The normalized spacial score (nSPS) is 17.1. The fraction of sp³-hybridized carbons (Fsp3) is 0.700. The molecule has 2 N–H and O–H groups in total. The van der Waals surface area contributed by atoms with Crippen LogP contribution in [-0.2, 0) is 14.3 Å². The minimum atomic E-state index is -0.797. The van der Waals surface area contributed by atoms with Gasteiger partial charge in [0.1, 0.15) is 17.7 Å². The Morgan fingerprint density at radius 3 is 2.24 bits per heavy atom. The lowest BCUT2D eigenvalue weighted by Gasteiger charge is -2.45. The summed E-state index contributed by atoms with van der Waals surface area (Å²) in [5, 5.41) is 6.03. The average Bonchev–Trinajstić information content (AvgIpc) is 2.76. The molecule has 0 aromatic heterocycles. The Kier molecular flexibility index (Phi) is 11.0. The molecule has 1 aromatic carbocycles. The second-order valence-electron chi connectivity index (χ2n) is 11.8. The first-order valence-electron chi connectivity index (χ1n) is 14.0. The smallest absolute Gasteiger partial charge is 0.408 e. The number of hydrogen-bond donors (Lipinski definition) is 2. The van der Waals surface area contributed by atoms with Crippen LogP contribution in [0.3, 0.4) is 0 Å². The summed E-state index contributed by atoms with van der Waals surface area (Å²) in [5.74, 6) is -0.534. The van der Waals surface area contributed by atoms with E-state index in [0.717, 1.165) is 48.8 Å². The summed E-state index contributed by atoms with van der Waals surface area (Å²) >= 11 is 0. The quantitative estimate of drug-likeness (QED) is 0.380. The highest BCUT2D eigenvalue weighted by Crippen LogP contribution is 2.36. The van der Waals surface area contributed by atoms with E-state index < -0.39 is 23.8 Å². The van der Waals surface area contributed by atoms with Crippen molar-refractivity contribution < 1.29 is 19.1 Å². The van der Waals surface area contributed by atoms with Crippen molar-refractivity contribution in [2.75, 3.05) is 0 Å². The van der Waals surface area contributed by atoms with Crippen LogP contribution in [0.5, 0.6) is 0 Å². The van der Waals surface area contributed by atoms with Crippen molar-refractivity contribution >= 4 is 17.9 Å². The van der Waals surface area contributed by atoms with Gasteiger partial charge in [0.2, 0.25) is 11.8 Å². The van der Waals surface area contributed by atoms with Crippen LogP contribution in [0.1, 0.15) is 110 Å². The third-order valence-corrected chi connectivity index (χ3v) is 7.24. The molecule has 1 aliphatic carbocycles. The number of nitrogens with one attached hydrogen (secondary N) is 2. The highest BCUT2D eigenvalue weighted by Gasteiger charge is 2.43. The van der Waals surface area contributed by atoms with E-state index in [0.29, 0.717) is 6.42 Å². The number of benzene rings is 1. The first kappa shape index (κ1) is 30.7. The molecule has 37 heavy (non-hydrogen) atoms. The summed E-state index contributed by atoms with van der Waals surface area (Å²) in [4.78, 5) is 42.9. The van der Waals surface area contributed by atoms with E-state index in [-0.39, 0.29) is 29.8 Å². The average molecular weight is 516 g/mol. The van der Waals surface area contributed by atoms with Gasteiger partial charge in [0.05, 0.1) is 0 Å². The number of rotatable bonds is 11. The van der Waals surface area contributed by atoms with Crippen molar-refractivity contribution in [3.05, 3.63) is 34.9 Å². The minimum absolute atomic E-state index is 0.00583. The van der Waals surface area contributed by atoms with Crippen LogP contribution in [-0.4, -0.2) is 46.5 Å². The number of hydrogen-bond acceptors (Lipinski definition) is 4. The summed E-state index contributed by atoms with van der Waals surface area (Å²) in [6, 6.07) is 4.41. The molecule has 1 fully saturated rings. The van der Waals surface area contributed by atoms with Gasteiger partial charge in [0.15, 0.2) is 0 Å². The standard InChI is InChI=1S/C30H49N3O4/c1-10-13-22(6)31-27(34)26(24-18-19(3)16-17-21(24)5)33(23-14-12-15-23)28(35)25(20(4)11-2)32-29(36)37-30(7,8)9/h16-18,20,22-23,25-26H,10-15H2,1-9H3,(H,31,34)(H,32,36). The molecule has 0 aliphatic heterocycles. The van der Waals surface area contributed by atoms with Crippen LogP contribution in [0.2, 0.25) is 0 Å². The number of ether oxygens (including phenoxy) is 1. The molecule has 2 rings (SSSR count). The van der Waals surface area contributed by atoms with Gasteiger partial charge in [-0.2, -0.15) is 0 Å². The number of aryl methyl sites for hydroxylation is 2. The lowest BCUT2D eigenvalue weighted by Crippen LogP contribution is -2.59. The SMILES string of the molecule is CCCC(C)NC(=O)C(c1cc(C)ccc1C)N(C(=O)C(NC(=O)OC(C)(C)C)C(C)CC)C1CCC1. The predicted octanol–water partition coefficient (Wildman–Crippen LogP) is 5.97. The first-order chi connectivity index (χ1) is 17.3. The minimum Gasteiger partial charge on any atom is -0.444 e. The van der Waals surface area contributed by atoms with E-state index >= 15 is 0 Å². The van der Waals surface area contributed by atoms with Gasteiger partial charge in [0, 0.05) is 12.1 Å². The molecule has 7 heteroatoms. The van der Waals surface area contributed by atoms with Gasteiger partial charge >= 0.3 is 6.09 Å². The van der Waals surface area contributed by atoms with Crippen molar-refractivity contribution in [1.29, 1.82) is 0 Å². The van der Waals surface area contributed by atoms with Gasteiger partial charge in [-0.1, -0.05) is 57.4 Å². The molecule has 0 bridgehead atoms. The van der Waals surface area contributed by atoms with Gasteiger partial charge < -0.3 is 20.3 Å². The van der Waals surface area contributed by atoms with Crippen LogP contribution >= 0.6 is 0 Å². The second kappa shape index (κ2) is 13.3. The lowest BCUT2D eigenvalue weighted by molar-refractivity contribution is -0.148. The Balaban J connectivity index is 2.56. The van der Waals surface area contributed by atoms with Gasteiger partial charge in [-0.3, -0.25) is 9.59 Å². The lowest BCUT2D eigenvalue weighted by atomic mass is 9.85. The Hall–Kier alpha value is -2.57. The maximum atomic E-state index is 14.4.